The Labute approximate surface area is 125 Å². The van der Waals surface area contributed by atoms with Crippen molar-refractivity contribution in [3.05, 3.63) is 0 Å². The van der Waals surface area contributed by atoms with Gasteiger partial charge in [-0.15, -0.1) is 0 Å². The molecule has 2 rings (SSSR count). The van der Waals surface area contributed by atoms with Crippen LogP contribution in [0.3, 0.4) is 0 Å². The summed E-state index contributed by atoms with van der Waals surface area (Å²) in [5.74, 6) is -0.596. The number of hydrogen-bond acceptors (Lipinski definition) is 3. The van der Waals surface area contributed by atoms with E-state index in [0.29, 0.717) is 25.3 Å². The first-order valence-electron chi connectivity index (χ1n) is 7.98. The van der Waals surface area contributed by atoms with E-state index in [1.54, 1.807) is 0 Å². The number of nitrogens with one attached hydrogen (secondary N) is 2. The first kappa shape index (κ1) is 16.1. The van der Waals surface area contributed by atoms with Crippen molar-refractivity contribution in [1.29, 1.82) is 0 Å². The topological polar surface area (TPSA) is 87.7 Å². The van der Waals surface area contributed by atoms with Crippen LogP contribution >= 0.6 is 0 Å². The molecule has 2 unspecified atom stereocenters. The zero-order valence-electron chi connectivity index (χ0n) is 12.7. The molecule has 21 heavy (non-hydrogen) atoms. The molecule has 6 heteroatoms. The van der Waals surface area contributed by atoms with E-state index in [1.165, 1.54) is 0 Å². The molecule has 2 aliphatic rings. The summed E-state index contributed by atoms with van der Waals surface area (Å²) in [5, 5.41) is 15.0. The van der Waals surface area contributed by atoms with Gasteiger partial charge in [0.25, 0.3) is 0 Å². The van der Waals surface area contributed by atoms with Crippen molar-refractivity contribution in [3.8, 4) is 0 Å². The minimum absolute atomic E-state index is 0.202. The predicted molar refractivity (Wildman–Crippen MR) is 78.1 cm³/mol. The van der Waals surface area contributed by atoms with Gasteiger partial charge < -0.3 is 20.5 Å². The van der Waals surface area contributed by atoms with Crippen molar-refractivity contribution in [3.63, 3.8) is 0 Å². The Kier molecular flexibility index (Phi) is 5.45. The number of urea groups is 1. The minimum Gasteiger partial charge on any atom is -0.480 e. The molecule has 2 fully saturated rings. The van der Waals surface area contributed by atoms with E-state index in [1.807, 2.05) is 0 Å². The maximum absolute atomic E-state index is 12.0. The highest BCUT2D eigenvalue weighted by Crippen LogP contribution is 2.28. The maximum atomic E-state index is 12.0. The van der Waals surface area contributed by atoms with Gasteiger partial charge in [0.15, 0.2) is 0 Å². The summed E-state index contributed by atoms with van der Waals surface area (Å²) in [7, 11) is 0. The summed E-state index contributed by atoms with van der Waals surface area (Å²) in [6.45, 7) is 3.36. The maximum Gasteiger partial charge on any atom is 0.329 e. The third-order valence-corrected chi connectivity index (χ3v) is 4.74. The minimum atomic E-state index is -1.08. The number of aliphatic carboxylic acids is 1. The number of ether oxygens (including phenoxy) is 1. The van der Waals surface area contributed by atoms with E-state index >= 15 is 0 Å². The lowest BCUT2D eigenvalue weighted by Gasteiger charge is -2.34. The van der Waals surface area contributed by atoms with E-state index in [9.17, 15) is 14.7 Å². The van der Waals surface area contributed by atoms with Gasteiger partial charge in [-0.3, -0.25) is 0 Å². The highest BCUT2D eigenvalue weighted by molar-refractivity contribution is 5.86. The van der Waals surface area contributed by atoms with Crippen LogP contribution in [-0.2, 0) is 9.53 Å². The molecule has 0 radical (unpaired) electrons. The average molecular weight is 298 g/mol. The summed E-state index contributed by atoms with van der Waals surface area (Å²) < 4.78 is 5.59. The van der Waals surface area contributed by atoms with Crippen LogP contribution in [-0.4, -0.2) is 41.9 Å². The van der Waals surface area contributed by atoms with Gasteiger partial charge in [0.05, 0.1) is 6.10 Å². The first-order chi connectivity index (χ1) is 10.1. The van der Waals surface area contributed by atoms with Crippen LogP contribution < -0.4 is 10.6 Å². The number of amides is 2. The Morgan fingerprint density at radius 3 is 2.62 bits per heavy atom. The summed E-state index contributed by atoms with van der Waals surface area (Å²) in [6, 6.07) is -0.374. The lowest BCUT2D eigenvalue weighted by Crippen LogP contribution is -2.58. The van der Waals surface area contributed by atoms with Crippen molar-refractivity contribution in [2.45, 2.75) is 63.5 Å². The average Bonchev–Trinajstić information content (AvgIpc) is 2.93. The normalized spacial score (nSPS) is 28.0. The lowest BCUT2D eigenvalue weighted by molar-refractivity contribution is -0.145. The van der Waals surface area contributed by atoms with Gasteiger partial charge in [-0.05, 0) is 25.7 Å². The summed E-state index contributed by atoms with van der Waals surface area (Å²) in [4.78, 5) is 23.6. The molecule has 120 valence electrons. The quantitative estimate of drug-likeness (QED) is 0.723. The van der Waals surface area contributed by atoms with Gasteiger partial charge in [0.2, 0.25) is 0 Å². The SMILES string of the molecule is CCC1OCCC1CNC(=O)NC1(C(=O)O)CCCCC1. The molecule has 2 atom stereocenters. The fourth-order valence-electron chi connectivity index (χ4n) is 3.41. The highest BCUT2D eigenvalue weighted by Gasteiger charge is 2.41. The van der Waals surface area contributed by atoms with Crippen LogP contribution in [0.5, 0.6) is 0 Å². The standard InChI is InChI=1S/C15H26N2O4/c1-2-12-11(6-9-21-12)10-16-14(20)17-15(13(18)19)7-4-3-5-8-15/h11-12H,2-10H2,1H3,(H,18,19)(H2,16,17,20). The Morgan fingerprint density at radius 1 is 1.29 bits per heavy atom. The monoisotopic (exact) mass is 298 g/mol. The number of rotatable bonds is 5. The zero-order valence-corrected chi connectivity index (χ0v) is 12.7. The fraction of sp³-hybridized carbons (Fsp3) is 0.867. The fourth-order valence-corrected chi connectivity index (χ4v) is 3.41. The molecule has 1 saturated heterocycles. The van der Waals surface area contributed by atoms with E-state index in [-0.39, 0.29) is 12.1 Å². The smallest absolute Gasteiger partial charge is 0.329 e. The first-order valence-corrected chi connectivity index (χ1v) is 7.98. The number of carbonyl (C=O) groups is 2. The van der Waals surface area contributed by atoms with Crippen molar-refractivity contribution >= 4 is 12.0 Å². The van der Waals surface area contributed by atoms with E-state index in [0.717, 1.165) is 38.7 Å². The van der Waals surface area contributed by atoms with Gasteiger partial charge in [-0.1, -0.05) is 26.2 Å². The highest BCUT2D eigenvalue weighted by atomic mass is 16.5. The molecule has 0 aromatic carbocycles. The number of carboxylic acids is 1. The molecular weight excluding hydrogens is 272 g/mol. The van der Waals surface area contributed by atoms with Crippen molar-refractivity contribution < 1.29 is 19.4 Å². The van der Waals surface area contributed by atoms with Crippen LogP contribution in [0.15, 0.2) is 0 Å². The van der Waals surface area contributed by atoms with Gasteiger partial charge in [0, 0.05) is 19.1 Å². The number of carboxylic acid groups (broad SMARTS) is 1. The van der Waals surface area contributed by atoms with Gasteiger partial charge in [0.1, 0.15) is 5.54 Å². The van der Waals surface area contributed by atoms with Crippen LogP contribution in [0.25, 0.3) is 0 Å². The van der Waals surface area contributed by atoms with E-state index in [2.05, 4.69) is 17.6 Å². The molecule has 0 bridgehead atoms. The Bertz CT molecular complexity index is 380. The summed E-state index contributed by atoms with van der Waals surface area (Å²) >= 11 is 0. The number of hydrogen-bond donors (Lipinski definition) is 3. The Balaban J connectivity index is 1.84. The van der Waals surface area contributed by atoms with Gasteiger partial charge in [-0.2, -0.15) is 0 Å². The van der Waals surface area contributed by atoms with Crippen LogP contribution in [0.1, 0.15) is 51.9 Å². The molecule has 0 aromatic heterocycles. The Hall–Kier alpha value is -1.30. The van der Waals surface area contributed by atoms with Crippen LogP contribution in [0.2, 0.25) is 0 Å². The molecule has 1 aliphatic heterocycles. The van der Waals surface area contributed by atoms with E-state index < -0.39 is 11.5 Å². The third-order valence-electron chi connectivity index (χ3n) is 4.74. The second-order valence-corrected chi connectivity index (χ2v) is 6.15. The molecule has 1 heterocycles. The largest absolute Gasteiger partial charge is 0.480 e. The third kappa shape index (κ3) is 3.87. The van der Waals surface area contributed by atoms with Gasteiger partial charge in [-0.25, -0.2) is 9.59 Å². The molecule has 1 aliphatic carbocycles. The van der Waals surface area contributed by atoms with Crippen LogP contribution in [0.4, 0.5) is 4.79 Å². The number of carbonyl (C=O) groups excluding carboxylic acids is 1. The zero-order chi connectivity index (χ0) is 15.3. The van der Waals surface area contributed by atoms with Crippen molar-refractivity contribution in [2.75, 3.05) is 13.2 Å². The molecule has 0 spiro atoms. The van der Waals surface area contributed by atoms with E-state index in [4.69, 9.17) is 4.74 Å². The predicted octanol–water partition coefficient (Wildman–Crippen LogP) is 1.89. The van der Waals surface area contributed by atoms with Crippen molar-refractivity contribution in [2.24, 2.45) is 5.92 Å². The molecule has 6 nitrogen and oxygen atoms in total. The molecule has 1 saturated carbocycles. The summed E-state index contributed by atoms with van der Waals surface area (Å²) in [5.41, 5.74) is -1.08. The second kappa shape index (κ2) is 7.11. The Morgan fingerprint density at radius 2 is 2.00 bits per heavy atom. The molecular formula is C15H26N2O4. The summed E-state index contributed by atoms with van der Waals surface area (Å²) in [6.07, 6.45) is 5.85. The van der Waals surface area contributed by atoms with Gasteiger partial charge >= 0.3 is 12.0 Å². The second-order valence-electron chi connectivity index (χ2n) is 6.15. The molecule has 3 N–H and O–H groups in total. The molecule has 0 aromatic rings. The van der Waals surface area contributed by atoms with Crippen LogP contribution in [0, 0.1) is 5.92 Å². The molecule has 2 amide bonds. The lowest BCUT2D eigenvalue weighted by atomic mass is 9.82. The van der Waals surface area contributed by atoms with Crippen molar-refractivity contribution in [1.82, 2.24) is 10.6 Å².